The minimum absolute atomic E-state index is 0.00843. The summed E-state index contributed by atoms with van der Waals surface area (Å²) in [5.74, 6) is 0.196. The van der Waals surface area contributed by atoms with E-state index < -0.39 is 5.60 Å². The summed E-state index contributed by atoms with van der Waals surface area (Å²) < 4.78 is 1.75. The van der Waals surface area contributed by atoms with Gasteiger partial charge in [0, 0.05) is 56.6 Å². The number of likely N-dealkylation sites (tertiary alicyclic amines) is 1. The molecule has 5 heterocycles. The number of likely N-dealkylation sites (N-methyl/N-ethyl adjacent to an activating group) is 1. The van der Waals surface area contributed by atoms with Crippen LogP contribution < -0.4 is 5.32 Å². The largest absolute Gasteiger partial charge is 0.375 e. The Bertz CT molecular complexity index is 1350. The minimum Gasteiger partial charge on any atom is -0.375 e. The number of rotatable bonds is 6. The van der Waals surface area contributed by atoms with Crippen molar-refractivity contribution in [2.75, 3.05) is 18.9 Å². The van der Waals surface area contributed by atoms with Crippen molar-refractivity contribution >= 4 is 23.2 Å². The highest BCUT2D eigenvalue weighted by Gasteiger charge is 2.45. The molecule has 2 N–H and O–H groups in total. The average Bonchev–Trinajstić information content (AvgIpc) is 3.57. The van der Waals surface area contributed by atoms with E-state index in [0.717, 1.165) is 10.6 Å². The summed E-state index contributed by atoms with van der Waals surface area (Å²) in [7, 11) is 3.57. The van der Waals surface area contributed by atoms with Crippen LogP contribution in [0.2, 0.25) is 0 Å². The van der Waals surface area contributed by atoms with Crippen LogP contribution in [0, 0.1) is 0 Å². The number of carbonyl (C=O) groups excluding carboxylic acids is 1. The fraction of sp³-hybridized carbons (Fsp3) is 0.304. The minimum atomic E-state index is -1.52. The first-order valence-corrected chi connectivity index (χ1v) is 11.7. The lowest BCUT2D eigenvalue weighted by molar-refractivity contribution is -0.143. The number of anilines is 1. The topological polar surface area (TPSA) is 122 Å². The molecule has 0 radical (unpaired) electrons. The molecule has 10 nitrogen and oxygen atoms in total. The van der Waals surface area contributed by atoms with Gasteiger partial charge in [-0.15, -0.1) is 11.3 Å². The maximum absolute atomic E-state index is 12.5. The van der Waals surface area contributed by atoms with Crippen LogP contribution >= 0.6 is 11.3 Å². The molecule has 0 bridgehead atoms. The SMILES string of the molecule is CC(Nc1nccc(-c2nc(-c3cc([C@@]4(O)CCN(C)C4=O)ccn3)cs2)n1)c1cnn(C)c1. The molecule has 4 aromatic heterocycles. The van der Waals surface area contributed by atoms with E-state index in [-0.39, 0.29) is 11.9 Å². The van der Waals surface area contributed by atoms with Gasteiger partial charge in [0.05, 0.1) is 17.9 Å². The predicted octanol–water partition coefficient (Wildman–Crippen LogP) is 2.62. The van der Waals surface area contributed by atoms with Crippen molar-refractivity contribution in [1.29, 1.82) is 0 Å². The molecule has 4 aromatic rings. The lowest BCUT2D eigenvalue weighted by atomic mass is 9.92. The Hall–Kier alpha value is -3.70. The second-order valence-electron chi connectivity index (χ2n) is 8.38. The quantitative estimate of drug-likeness (QED) is 0.436. The Morgan fingerprint density at radius 2 is 1.97 bits per heavy atom. The van der Waals surface area contributed by atoms with Gasteiger partial charge in [-0.1, -0.05) is 0 Å². The van der Waals surface area contributed by atoms with E-state index in [0.29, 0.717) is 41.6 Å². The Morgan fingerprint density at radius 1 is 1.15 bits per heavy atom. The molecule has 174 valence electrons. The van der Waals surface area contributed by atoms with Gasteiger partial charge < -0.3 is 15.3 Å². The third-order valence-corrected chi connectivity index (χ3v) is 6.82. The number of aryl methyl sites for hydroxylation is 1. The molecule has 1 aliphatic heterocycles. The molecule has 34 heavy (non-hydrogen) atoms. The highest BCUT2D eigenvalue weighted by atomic mass is 32.1. The summed E-state index contributed by atoms with van der Waals surface area (Å²) in [6.07, 6.45) is 7.40. The molecule has 0 aliphatic carbocycles. The first kappa shape index (κ1) is 22.1. The van der Waals surface area contributed by atoms with Crippen molar-refractivity contribution in [1.82, 2.24) is 34.6 Å². The van der Waals surface area contributed by atoms with Gasteiger partial charge in [0.2, 0.25) is 5.95 Å². The maximum atomic E-state index is 12.5. The fourth-order valence-corrected chi connectivity index (χ4v) is 4.73. The number of hydrogen-bond donors (Lipinski definition) is 2. The molecule has 1 amide bonds. The van der Waals surface area contributed by atoms with Gasteiger partial charge in [-0.05, 0) is 30.7 Å². The van der Waals surface area contributed by atoms with Crippen molar-refractivity contribution in [3.63, 3.8) is 0 Å². The zero-order valence-corrected chi connectivity index (χ0v) is 19.8. The zero-order chi connectivity index (χ0) is 23.9. The lowest BCUT2D eigenvalue weighted by Gasteiger charge is -2.21. The summed E-state index contributed by atoms with van der Waals surface area (Å²) >= 11 is 1.44. The van der Waals surface area contributed by atoms with Crippen molar-refractivity contribution in [3.05, 3.63) is 59.5 Å². The standard InChI is InChI=1S/C23H24N8O2S/c1-14(15-11-26-31(3)12-15)27-22-25-8-5-17(29-22)20-28-19(13-34-20)18-10-16(4-7-24-18)23(33)6-9-30(2)21(23)32/h4-5,7-8,10-14,33H,6,9H2,1-3H3,(H,25,27,29)/t14?,23-/m0/s1. The van der Waals surface area contributed by atoms with E-state index in [2.05, 4.69) is 25.4 Å². The molecule has 5 rings (SSSR count). The summed E-state index contributed by atoms with van der Waals surface area (Å²) in [5, 5.41) is 21.1. The molecule has 11 heteroatoms. The van der Waals surface area contributed by atoms with Crippen LogP contribution in [0.25, 0.3) is 22.1 Å². The number of amides is 1. The average molecular weight is 477 g/mol. The van der Waals surface area contributed by atoms with Crippen molar-refractivity contribution in [2.45, 2.75) is 25.0 Å². The number of thiazole rings is 1. The number of hydrogen-bond acceptors (Lipinski definition) is 9. The second-order valence-corrected chi connectivity index (χ2v) is 9.24. The van der Waals surface area contributed by atoms with Crippen LogP contribution in [0.5, 0.6) is 0 Å². The fourth-order valence-electron chi connectivity index (χ4n) is 3.95. The Kier molecular flexibility index (Phi) is 5.58. The van der Waals surface area contributed by atoms with Gasteiger partial charge in [0.25, 0.3) is 5.91 Å². The van der Waals surface area contributed by atoms with Crippen molar-refractivity contribution < 1.29 is 9.90 Å². The van der Waals surface area contributed by atoms with E-state index in [9.17, 15) is 9.90 Å². The highest BCUT2D eigenvalue weighted by molar-refractivity contribution is 7.13. The maximum Gasteiger partial charge on any atom is 0.258 e. The van der Waals surface area contributed by atoms with Crippen LogP contribution in [0.15, 0.2) is 48.4 Å². The Labute approximate surface area is 200 Å². The van der Waals surface area contributed by atoms with Gasteiger partial charge in [-0.2, -0.15) is 5.10 Å². The number of pyridine rings is 1. The molecule has 1 unspecified atom stereocenters. The number of aliphatic hydroxyl groups is 1. The molecule has 2 atom stereocenters. The van der Waals surface area contributed by atoms with E-state index in [4.69, 9.17) is 4.98 Å². The molecule has 1 fully saturated rings. The zero-order valence-electron chi connectivity index (χ0n) is 19.0. The van der Waals surface area contributed by atoms with E-state index in [1.165, 1.54) is 16.2 Å². The normalized spacial score (nSPS) is 18.9. The lowest BCUT2D eigenvalue weighted by Crippen LogP contribution is -2.36. The van der Waals surface area contributed by atoms with Crippen LogP contribution in [-0.2, 0) is 17.4 Å². The van der Waals surface area contributed by atoms with E-state index in [1.807, 2.05) is 37.8 Å². The van der Waals surface area contributed by atoms with Gasteiger partial charge in [0.15, 0.2) is 5.60 Å². The first-order valence-electron chi connectivity index (χ1n) is 10.8. The number of aromatic nitrogens is 6. The Balaban J connectivity index is 1.38. The summed E-state index contributed by atoms with van der Waals surface area (Å²) in [6, 6.07) is 5.21. The molecule has 1 aliphatic rings. The van der Waals surface area contributed by atoms with Crippen LogP contribution in [0.4, 0.5) is 5.95 Å². The van der Waals surface area contributed by atoms with Crippen molar-refractivity contribution in [2.24, 2.45) is 7.05 Å². The molecule has 0 saturated carbocycles. The summed E-state index contributed by atoms with van der Waals surface area (Å²) in [5.41, 5.74) is 1.97. The van der Waals surface area contributed by atoms with E-state index >= 15 is 0 Å². The molecule has 0 aromatic carbocycles. The molecule has 1 saturated heterocycles. The smallest absolute Gasteiger partial charge is 0.258 e. The molecular weight excluding hydrogens is 452 g/mol. The van der Waals surface area contributed by atoms with E-state index in [1.54, 1.807) is 36.3 Å². The highest BCUT2D eigenvalue weighted by Crippen LogP contribution is 2.35. The van der Waals surface area contributed by atoms with Crippen LogP contribution in [0.3, 0.4) is 0 Å². The predicted molar refractivity (Wildman–Crippen MR) is 128 cm³/mol. The van der Waals surface area contributed by atoms with Crippen LogP contribution in [-0.4, -0.2) is 59.2 Å². The third-order valence-electron chi connectivity index (χ3n) is 5.96. The first-order chi connectivity index (χ1) is 16.3. The summed E-state index contributed by atoms with van der Waals surface area (Å²) in [4.78, 5) is 32.1. The number of nitrogens with zero attached hydrogens (tertiary/aromatic N) is 7. The van der Waals surface area contributed by atoms with Crippen LogP contribution in [0.1, 0.15) is 30.5 Å². The van der Waals surface area contributed by atoms with Crippen molar-refractivity contribution in [3.8, 4) is 22.1 Å². The van der Waals surface area contributed by atoms with Gasteiger partial charge in [0.1, 0.15) is 16.4 Å². The van der Waals surface area contributed by atoms with Gasteiger partial charge in [-0.25, -0.2) is 15.0 Å². The van der Waals surface area contributed by atoms with Gasteiger partial charge >= 0.3 is 0 Å². The number of nitrogens with one attached hydrogen (secondary N) is 1. The monoisotopic (exact) mass is 476 g/mol. The summed E-state index contributed by atoms with van der Waals surface area (Å²) in [6.45, 7) is 2.53. The van der Waals surface area contributed by atoms with Gasteiger partial charge in [-0.3, -0.25) is 14.5 Å². The number of carbonyl (C=O) groups is 1. The second kappa shape index (κ2) is 8.58. The third kappa shape index (κ3) is 4.03. The Morgan fingerprint density at radius 3 is 2.71 bits per heavy atom. The molecule has 0 spiro atoms. The molecular formula is C23H24N8O2S.